The second-order valence-electron chi connectivity index (χ2n) is 12.8. The molecule has 1 aliphatic carbocycles. The van der Waals surface area contributed by atoms with Crippen LogP contribution in [-0.4, -0.2) is 69.2 Å². The van der Waals surface area contributed by atoms with Crippen LogP contribution in [0.4, 0.5) is 0 Å². The minimum absolute atomic E-state index is 0.104. The fourth-order valence-electron chi connectivity index (χ4n) is 5.75. The van der Waals surface area contributed by atoms with Crippen molar-refractivity contribution in [3.8, 4) is 0 Å². The molecule has 3 fully saturated rings. The number of carbonyl (C=O) groups excluding carboxylic acids is 6. The fraction of sp³-hybridized carbons (Fsp3) is 0.405. The summed E-state index contributed by atoms with van der Waals surface area (Å²) >= 11 is 0. The van der Waals surface area contributed by atoms with E-state index in [4.69, 9.17) is 37.9 Å². The molecule has 0 aromatic rings. The Bertz CT molecular complexity index is 1800. The number of hydrogen-bond acceptors (Lipinski definition) is 16. The standard InChI is InChI=1S/C37H38O16/c1-5-17-35(4)48-28(40)23(29(41)49-35)14-10-8-12-16-25-32(44)52-37(53-33(25)45)20-18-36(19-21-37)50-30(42)24(31(43)51-36)15-11-7-9-13-22-26(38)46-34(3,6-2)47-27(22)39/h7-16,40,42H,5-6,17-21H2,1-4H3/b9-7+,12-8+,14-10+,15-11+,22-13?,25-16?. The second-order valence-corrected chi connectivity index (χ2v) is 12.8. The van der Waals surface area contributed by atoms with Crippen molar-refractivity contribution in [1.82, 2.24) is 0 Å². The van der Waals surface area contributed by atoms with Crippen molar-refractivity contribution in [2.24, 2.45) is 0 Å². The van der Waals surface area contributed by atoms with E-state index >= 15 is 0 Å². The summed E-state index contributed by atoms with van der Waals surface area (Å²) in [4.78, 5) is 75.1. The molecule has 282 valence electrons. The minimum Gasteiger partial charge on any atom is -0.480 e. The third-order valence-electron chi connectivity index (χ3n) is 8.75. The van der Waals surface area contributed by atoms with E-state index in [2.05, 4.69) is 0 Å². The van der Waals surface area contributed by atoms with Gasteiger partial charge in [0.25, 0.3) is 35.0 Å². The second kappa shape index (κ2) is 14.9. The predicted octanol–water partition coefficient (Wildman–Crippen LogP) is 4.56. The highest BCUT2D eigenvalue weighted by Crippen LogP contribution is 2.46. The highest BCUT2D eigenvalue weighted by Gasteiger charge is 2.56. The van der Waals surface area contributed by atoms with Crippen molar-refractivity contribution in [1.29, 1.82) is 0 Å². The summed E-state index contributed by atoms with van der Waals surface area (Å²) in [5.74, 6) is -12.5. The monoisotopic (exact) mass is 738 g/mol. The van der Waals surface area contributed by atoms with Gasteiger partial charge in [0.1, 0.15) is 22.3 Å². The van der Waals surface area contributed by atoms with Gasteiger partial charge in [-0.2, -0.15) is 0 Å². The van der Waals surface area contributed by atoms with Gasteiger partial charge in [0, 0.05) is 52.4 Å². The lowest BCUT2D eigenvalue weighted by Gasteiger charge is -2.46. The predicted molar refractivity (Wildman–Crippen MR) is 177 cm³/mol. The molecular formula is C37H38O16. The van der Waals surface area contributed by atoms with Crippen LogP contribution in [0.2, 0.25) is 0 Å². The lowest BCUT2D eigenvalue weighted by molar-refractivity contribution is -0.297. The van der Waals surface area contributed by atoms with Crippen LogP contribution < -0.4 is 0 Å². The first-order valence-corrected chi connectivity index (χ1v) is 16.8. The molecule has 4 aliphatic heterocycles. The number of aliphatic hydroxyl groups excluding tert-OH is 2. The topological polar surface area (TPSA) is 217 Å². The first-order chi connectivity index (χ1) is 25.0. The molecule has 1 atom stereocenters. The van der Waals surface area contributed by atoms with Crippen LogP contribution in [0.5, 0.6) is 0 Å². The third-order valence-corrected chi connectivity index (χ3v) is 8.75. The molecule has 0 aromatic heterocycles. The molecule has 5 rings (SSSR count). The summed E-state index contributed by atoms with van der Waals surface area (Å²) < 4.78 is 43.0. The van der Waals surface area contributed by atoms with Crippen molar-refractivity contribution in [3.05, 3.63) is 94.9 Å². The molecule has 5 aliphatic rings. The summed E-state index contributed by atoms with van der Waals surface area (Å²) in [6, 6.07) is 0. The van der Waals surface area contributed by atoms with Crippen LogP contribution in [-0.2, 0) is 66.7 Å². The third kappa shape index (κ3) is 8.37. The maximum atomic E-state index is 12.8. The van der Waals surface area contributed by atoms with E-state index in [0.717, 1.165) is 6.08 Å². The van der Waals surface area contributed by atoms with Crippen LogP contribution >= 0.6 is 0 Å². The molecule has 0 aromatic carbocycles. The van der Waals surface area contributed by atoms with Gasteiger partial charge in [0.05, 0.1) is 0 Å². The number of allylic oxidation sites excluding steroid dienone is 8. The molecule has 1 saturated carbocycles. The first kappa shape index (κ1) is 38.2. The molecule has 16 heteroatoms. The van der Waals surface area contributed by atoms with Crippen LogP contribution in [0.25, 0.3) is 0 Å². The normalized spacial score (nSPS) is 30.8. The first-order valence-electron chi connectivity index (χ1n) is 16.8. The van der Waals surface area contributed by atoms with Gasteiger partial charge in [-0.3, -0.25) is 0 Å². The average Bonchev–Trinajstić information content (AvgIpc) is 3.06. The Hall–Kier alpha value is -6.06. The van der Waals surface area contributed by atoms with Crippen molar-refractivity contribution >= 4 is 35.8 Å². The highest BCUT2D eigenvalue weighted by molar-refractivity contribution is 6.16. The molecule has 0 radical (unpaired) electrons. The Labute approximate surface area is 303 Å². The molecule has 0 amide bonds. The molecule has 2 saturated heterocycles. The van der Waals surface area contributed by atoms with Crippen molar-refractivity contribution in [3.63, 3.8) is 0 Å². The van der Waals surface area contributed by atoms with Gasteiger partial charge in [0.15, 0.2) is 0 Å². The van der Waals surface area contributed by atoms with E-state index in [1.807, 2.05) is 6.92 Å². The molecule has 1 unspecified atom stereocenters. The number of rotatable bonds is 9. The molecule has 53 heavy (non-hydrogen) atoms. The van der Waals surface area contributed by atoms with E-state index in [-0.39, 0.29) is 48.8 Å². The van der Waals surface area contributed by atoms with Gasteiger partial charge in [0.2, 0.25) is 0 Å². The quantitative estimate of drug-likeness (QED) is 0.109. The van der Waals surface area contributed by atoms with Crippen molar-refractivity contribution in [2.45, 2.75) is 95.8 Å². The van der Waals surface area contributed by atoms with Crippen LogP contribution in [0.3, 0.4) is 0 Å². The minimum atomic E-state index is -1.65. The zero-order valence-corrected chi connectivity index (χ0v) is 29.3. The van der Waals surface area contributed by atoms with Crippen LogP contribution in [0.15, 0.2) is 94.9 Å². The number of hydrogen-bond donors (Lipinski definition) is 2. The smallest absolute Gasteiger partial charge is 0.348 e. The Kier molecular flexibility index (Phi) is 10.7. The van der Waals surface area contributed by atoms with E-state index in [0.29, 0.717) is 12.8 Å². The molecule has 4 heterocycles. The van der Waals surface area contributed by atoms with Crippen LogP contribution in [0, 0.1) is 0 Å². The lowest BCUT2D eigenvalue weighted by atomic mass is 9.87. The molecular weight excluding hydrogens is 700 g/mol. The molecule has 16 nitrogen and oxygen atoms in total. The van der Waals surface area contributed by atoms with Gasteiger partial charge < -0.3 is 48.1 Å². The SMILES string of the molecule is CCCC1(C)OC(=O)C(/C=C/C=C/C=C2C(=O)OC3(CCC4(CC3)OC(=O)C(/C=C/C=C/C=C3C(=O)OC(C)(CC)OC3=O)=C(O)O4)OC2=O)=C(O)O1. The van der Waals surface area contributed by atoms with E-state index in [1.165, 1.54) is 68.5 Å². The maximum Gasteiger partial charge on any atom is 0.348 e. The molecule has 2 N–H and O–H groups in total. The van der Waals surface area contributed by atoms with Gasteiger partial charge in [-0.05, 0) is 30.7 Å². The molecule has 2 spiro atoms. The average molecular weight is 739 g/mol. The van der Waals surface area contributed by atoms with Gasteiger partial charge in [-0.15, -0.1) is 0 Å². The van der Waals surface area contributed by atoms with E-state index in [9.17, 15) is 39.0 Å². The zero-order chi connectivity index (χ0) is 38.6. The summed E-state index contributed by atoms with van der Waals surface area (Å²) in [7, 11) is 0. The Morgan fingerprint density at radius 3 is 1.34 bits per heavy atom. The number of carbonyl (C=O) groups is 6. The van der Waals surface area contributed by atoms with Gasteiger partial charge in [-0.25, -0.2) is 28.8 Å². The van der Waals surface area contributed by atoms with Crippen molar-refractivity contribution in [2.75, 3.05) is 0 Å². The highest BCUT2D eigenvalue weighted by atomic mass is 16.8. The summed E-state index contributed by atoms with van der Waals surface area (Å²) in [5, 5.41) is 20.7. The zero-order valence-electron chi connectivity index (χ0n) is 29.3. The summed E-state index contributed by atoms with van der Waals surface area (Å²) in [6.07, 6.45) is 13.8. The number of ether oxygens (including phenoxy) is 8. The fourth-order valence-corrected chi connectivity index (χ4v) is 5.75. The number of cyclic esters (lactones) is 3. The van der Waals surface area contributed by atoms with E-state index in [1.54, 1.807) is 6.92 Å². The lowest BCUT2D eigenvalue weighted by Crippen LogP contribution is -2.54. The van der Waals surface area contributed by atoms with Gasteiger partial charge in [-0.1, -0.05) is 50.3 Å². The maximum absolute atomic E-state index is 12.8. The van der Waals surface area contributed by atoms with Crippen molar-refractivity contribution < 1.29 is 76.9 Å². The Morgan fingerprint density at radius 1 is 0.509 bits per heavy atom. The van der Waals surface area contributed by atoms with Crippen LogP contribution in [0.1, 0.15) is 72.6 Å². The van der Waals surface area contributed by atoms with E-state index < -0.39 is 76.4 Å². The Balaban J connectivity index is 1.15. The van der Waals surface area contributed by atoms with Gasteiger partial charge >= 0.3 is 35.8 Å². The Morgan fingerprint density at radius 2 is 0.906 bits per heavy atom. The molecule has 0 bridgehead atoms. The number of esters is 6. The largest absolute Gasteiger partial charge is 0.480 e. The summed E-state index contributed by atoms with van der Waals surface area (Å²) in [6.45, 7) is 6.58. The summed E-state index contributed by atoms with van der Waals surface area (Å²) in [5.41, 5.74) is -1.25. The number of aliphatic hydroxyl groups is 2.